The Morgan fingerprint density at radius 3 is 2.59 bits per heavy atom. The van der Waals surface area contributed by atoms with Crippen molar-refractivity contribution in [2.75, 3.05) is 62.3 Å². The summed E-state index contributed by atoms with van der Waals surface area (Å²) in [6, 6.07) is 4.92. The normalized spacial score (nSPS) is 16.4. The number of piperazine rings is 1. The van der Waals surface area contributed by atoms with Gasteiger partial charge in [0, 0.05) is 50.2 Å². The van der Waals surface area contributed by atoms with E-state index in [2.05, 4.69) is 9.88 Å². The van der Waals surface area contributed by atoms with Gasteiger partial charge in [-0.1, -0.05) is 12.1 Å². The minimum Gasteiger partial charge on any atom is -0.460 e. The number of nitrogens with zero attached hydrogens (tertiary/aromatic N) is 4. The lowest BCUT2D eigenvalue weighted by atomic mass is 10.1. The van der Waals surface area contributed by atoms with Crippen LogP contribution in [0, 0.1) is 11.2 Å². The van der Waals surface area contributed by atoms with Gasteiger partial charge in [-0.15, -0.1) is 11.3 Å². The number of ether oxygens (including phenoxy) is 2. The Hall–Kier alpha value is -3.25. The quantitative estimate of drug-likeness (QED) is 0.339. The molecule has 10 nitrogen and oxygen atoms in total. The number of esters is 1. The summed E-state index contributed by atoms with van der Waals surface area (Å²) in [7, 11) is 0. The monoisotopic (exact) mass is 490 g/mol. The standard InChI is InChI=1S/C22H27FN6O4S/c23-20-15(13-33-19(30)12-18(24)25)2-1-3-17(20)27-4-6-28(7-5-27)21(31)16-14-34-22(26-16)29-8-10-32-11-9-29/h1-3,14H,4-13H2,(H3,24,25). The molecule has 0 saturated carbocycles. The molecule has 1 aromatic carbocycles. The maximum atomic E-state index is 15.1. The zero-order valence-corrected chi connectivity index (χ0v) is 19.5. The molecule has 4 rings (SSSR count). The van der Waals surface area contributed by atoms with E-state index in [-0.39, 0.29) is 30.3 Å². The van der Waals surface area contributed by atoms with Crippen molar-refractivity contribution < 1.29 is 23.5 Å². The van der Waals surface area contributed by atoms with Crippen LogP contribution in [0.1, 0.15) is 22.5 Å². The predicted octanol–water partition coefficient (Wildman–Crippen LogP) is 1.45. The number of amides is 1. The number of hydrogen-bond acceptors (Lipinski definition) is 9. The molecule has 0 atom stereocenters. The van der Waals surface area contributed by atoms with Crippen LogP contribution in [0.15, 0.2) is 23.6 Å². The third-order valence-corrected chi connectivity index (χ3v) is 6.58. The number of anilines is 2. The maximum Gasteiger partial charge on any atom is 0.313 e. The van der Waals surface area contributed by atoms with Crippen LogP contribution < -0.4 is 15.5 Å². The number of benzene rings is 1. The fourth-order valence-electron chi connectivity index (χ4n) is 3.86. The second kappa shape index (κ2) is 10.8. The maximum absolute atomic E-state index is 15.1. The molecular weight excluding hydrogens is 463 g/mol. The number of carbonyl (C=O) groups is 2. The van der Waals surface area contributed by atoms with Crippen molar-refractivity contribution in [2.45, 2.75) is 13.0 Å². The highest BCUT2D eigenvalue weighted by Gasteiger charge is 2.26. The van der Waals surface area contributed by atoms with Crippen LogP contribution in [0.5, 0.6) is 0 Å². The van der Waals surface area contributed by atoms with E-state index >= 15 is 4.39 Å². The first-order valence-corrected chi connectivity index (χ1v) is 11.9. The minimum atomic E-state index is -0.678. The highest BCUT2D eigenvalue weighted by Crippen LogP contribution is 2.26. The van der Waals surface area contributed by atoms with Crippen LogP contribution in [0.4, 0.5) is 15.2 Å². The van der Waals surface area contributed by atoms with E-state index in [0.717, 1.165) is 18.2 Å². The number of morpholine rings is 1. The average Bonchev–Trinajstić information content (AvgIpc) is 3.34. The Balaban J connectivity index is 1.34. The van der Waals surface area contributed by atoms with Gasteiger partial charge in [-0.25, -0.2) is 9.37 Å². The highest BCUT2D eigenvalue weighted by molar-refractivity contribution is 7.13. The fraction of sp³-hybridized carbons (Fsp3) is 0.455. The third-order valence-electron chi connectivity index (χ3n) is 5.68. The first-order chi connectivity index (χ1) is 16.4. The topological polar surface area (TPSA) is 125 Å². The van der Waals surface area contributed by atoms with Gasteiger partial charge in [0.1, 0.15) is 24.6 Å². The van der Waals surface area contributed by atoms with Crippen molar-refractivity contribution in [3.05, 3.63) is 40.7 Å². The molecule has 3 N–H and O–H groups in total. The molecule has 182 valence electrons. The minimum absolute atomic E-state index is 0.123. The summed E-state index contributed by atoms with van der Waals surface area (Å²) < 4.78 is 25.5. The molecule has 0 bridgehead atoms. The lowest BCUT2D eigenvalue weighted by Crippen LogP contribution is -2.49. The number of carbonyl (C=O) groups excluding carboxylic acids is 2. The molecule has 2 saturated heterocycles. The van der Waals surface area contributed by atoms with Gasteiger partial charge in [-0.3, -0.25) is 15.0 Å². The van der Waals surface area contributed by atoms with Crippen LogP contribution in [-0.4, -0.2) is 80.1 Å². The van der Waals surface area contributed by atoms with E-state index in [0.29, 0.717) is 50.8 Å². The van der Waals surface area contributed by atoms with Crippen LogP contribution >= 0.6 is 11.3 Å². The molecule has 1 aromatic heterocycles. The first kappa shape index (κ1) is 23.9. The summed E-state index contributed by atoms with van der Waals surface area (Å²) in [6.07, 6.45) is -0.329. The number of rotatable bonds is 7. The Morgan fingerprint density at radius 1 is 1.15 bits per heavy atom. The van der Waals surface area contributed by atoms with E-state index in [9.17, 15) is 9.59 Å². The van der Waals surface area contributed by atoms with Crippen molar-refractivity contribution in [2.24, 2.45) is 5.73 Å². The van der Waals surface area contributed by atoms with E-state index in [1.54, 1.807) is 28.5 Å². The van der Waals surface area contributed by atoms with Gasteiger partial charge in [-0.2, -0.15) is 0 Å². The van der Waals surface area contributed by atoms with Gasteiger partial charge in [0.15, 0.2) is 10.9 Å². The predicted molar refractivity (Wildman–Crippen MR) is 126 cm³/mol. The molecule has 2 aliphatic heterocycles. The van der Waals surface area contributed by atoms with Gasteiger partial charge in [-0.05, 0) is 6.07 Å². The van der Waals surface area contributed by atoms with E-state index in [1.165, 1.54) is 11.3 Å². The van der Waals surface area contributed by atoms with Gasteiger partial charge in [0.2, 0.25) is 0 Å². The van der Waals surface area contributed by atoms with Crippen molar-refractivity contribution in [3.8, 4) is 0 Å². The number of amidine groups is 1. The summed E-state index contributed by atoms with van der Waals surface area (Å²) >= 11 is 1.46. The SMILES string of the molecule is N=C(N)CC(=O)OCc1cccc(N2CCN(C(=O)c3csc(N4CCOCC4)n3)CC2)c1F. The molecule has 12 heteroatoms. The molecule has 3 heterocycles. The van der Waals surface area contributed by atoms with Gasteiger partial charge in [0.25, 0.3) is 5.91 Å². The zero-order valence-electron chi connectivity index (χ0n) is 18.7. The molecule has 0 radical (unpaired) electrons. The molecule has 0 spiro atoms. The molecular formula is C22H27FN6O4S. The zero-order chi connectivity index (χ0) is 24.1. The number of hydrogen-bond donors (Lipinski definition) is 2. The van der Waals surface area contributed by atoms with Crippen molar-refractivity contribution in [1.29, 1.82) is 5.41 Å². The molecule has 2 aromatic rings. The van der Waals surface area contributed by atoms with Gasteiger partial charge in [0.05, 0.1) is 18.9 Å². The van der Waals surface area contributed by atoms with Crippen molar-refractivity contribution >= 4 is 39.9 Å². The highest BCUT2D eigenvalue weighted by atomic mass is 32.1. The van der Waals surface area contributed by atoms with E-state index in [4.69, 9.17) is 20.6 Å². The molecule has 2 fully saturated rings. The fourth-order valence-corrected chi connectivity index (χ4v) is 4.71. The molecule has 0 unspecified atom stereocenters. The number of nitrogens with one attached hydrogen (secondary N) is 1. The lowest BCUT2D eigenvalue weighted by Gasteiger charge is -2.36. The van der Waals surface area contributed by atoms with Crippen molar-refractivity contribution in [3.63, 3.8) is 0 Å². The van der Waals surface area contributed by atoms with Gasteiger partial charge >= 0.3 is 5.97 Å². The summed E-state index contributed by atoms with van der Waals surface area (Å²) in [4.78, 5) is 34.8. The van der Waals surface area contributed by atoms with E-state index in [1.807, 2.05) is 4.90 Å². The van der Waals surface area contributed by atoms with Crippen LogP contribution in [-0.2, 0) is 20.9 Å². The summed E-state index contributed by atoms with van der Waals surface area (Å²) in [5.41, 5.74) is 6.25. The Morgan fingerprint density at radius 2 is 1.88 bits per heavy atom. The number of aromatic nitrogens is 1. The van der Waals surface area contributed by atoms with Crippen LogP contribution in [0.25, 0.3) is 0 Å². The Kier molecular flexibility index (Phi) is 7.58. The largest absolute Gasteiger partial charge is 0.460 e. The van der Waals surface area contributed by atoms with Gasteiger partial charge < -0.3 is 29.9 Å². The summed E-state index contributed by atoms with van der Waals surface area (Å²) in [5.74, 6) is -1.57. The lowest BCUT2D eigenvalue weighted by molar-refractivity contribution is -0.143. The van der Waals surface area contributed by atoms with Crippen molar-refractivity contribution in [1.82, 2.24) is 9.88 Å². The Labute approximate surface area is 200 Å². The number of thiazole rings is 1. The Bertz CT molecular complexity index is 1050. The molecule has 34 heavy (non-hydrogen) atoms. The average molecular weight is 491 g/mol. The second-order valence-electron chi connectivity index (χ2n) is 8.01. The molecule has 0 aliphatic carbocycles. The number of halogens is 1. The second-order valence-corrected chi connectivity index (χ2v) is 8.84. The first-order valence-electron chi connectivity index (χ1n) is 11.0. The number of nitrogens with two attached hydrogens (primary N) is 1. The third kappa shape index (κ3) is 5.62. The smallest absolute Gasteiger partial charge is 0.313 e. The summed E-state index contributed by atoms with van der Waals surface area (Å²) in [6.45, 7) is 4.43. The summed E-state index contributed by atoms with van der Waals surface area (Å²) in [5, 5.41) is 9.74. The molecule has 2 aliphatic rings. The van der Waals surface area contributed by atoms with E-state index < -0.39 is 11.8 Å². The van der Waals surface area contributed by atoms with Crippen LogP contribution in [0.3, 0.4) is 0 Å². The molecule has 1 amide bonds. The van der Waals surface area contributed by atoms with Crippen LogP contribution in [0.2, 0.25) is 0 Å².